The van der Waals surface area contributed by atoms with Gasteiger partial charge >= 0.3 is 12.4 Å². The molecule has 0 radical (unpaired) electrons. The second-order valence-electron chi connectivity index (χ2n) is 5.13. The Kier molecular flexibility index (Phi) is 5.38. The van der Waals surface area contributed by atoms with E-state index in [0.29, 0.717) is 5.76 Å². The molecule has 1 aromatic heterocycles. The van der Waals surface area contributed by atoms with Gasteiger partial charge in [0, 0.05) is 24.2 Å². The Balaban J connectivity index is 1.89. The Morgan fingerprint density at radius 1 is 1.12 bits per heavy atom. The summed E-state index contributed by atoms with van der Waals surface area (Å²) in [5, 5.41) is 5.11. The first-order valence-corrected chi connectivity index (χ1v) is 7.16. The van der Waals surface area contributed by atoms with Crippen molar-refractivity contribution in [1.29, 1.82) is 0 Å². The zero-order valence-electron chi connectivity index (χ0n) is 13.2. The van der Waals surface area contributed by atoms with Gasteiger partial charge < -0.3 is 19.8 Å². The van der Waals surface area contributed by atoms with Crippen LogP contribution in [0.15, 0.2) is 34.7 Å². The van der Waals surface area contributed by atoms with E-state index < -0.39 is 12.4 Å². The fourth-order valence-corrected chi connectivity index (χ4v) is 2.15. The van der Waals surface area contributed by atoms with E-state index in [-0.39, 0.29) is 24.4 Å². The number of amides is 2. The Hall–Kier alpha value is -2.64. The molecule has 0 atom stereocenters. The lowest BCUT2D eigenvalue weighted by Crippen LogP contribution is -2.34. The van der Waals surface area contributed by atoms with E-state index in [2.05, 4.69) is 15.4 Å². The quantitative estimate of drug-likeness (QED) is 0.869. The molecule has 1 aromatic carbocycles. The van der Waals surface area contributed by atoms with Crippen molar-refractivity contribution in [2.45, 2.75) is 33.3 Å². The number of carbonyl (C=O) groups excluding carboxylic acids is 1. The van der Waals surface area contributed by atoms with Gasteiger partial charge in [0.1, 0.15) is 17.3 Å². The molecule has 8 heteroatoms. The molecule has 2 rings (SSSR count). The number of halogens is 3. The first kappa shape index (κ1) is 17.7. The average Bonchev–Trinajstić information content (AvgIpc) is 2.80. The number of carbonyl (C=O) groups is 1. The number of benzene rings is 1. The maximum absolute atomic E-state index is 12.3. The van der Waals surface area contributed by atoms with Crippen LogP contribution in [0.1, 0.15) is 22.6 Å². The van der Waals surface area contributed by atoms with Crippen LogP contribution in [0.5, 0.6) is 5.75 Å². The molecule has 24 heavy (non-hydrogen) atoms. The van der Waals surface area contributed by atoms with Crippen molar-refractivity contribution in [2.75, 3.05) is 0 Å². The minimum Gasteiger partial charge on any atom is -0.466 e. The Labute approximate surface area is 136 Å². The number of urea groups is 1. The summed E-state index contributed by atoms with van der Waals surface area (Å²) < 4.78 is 46.3. The number of hydrogen-bond acceptors (Lipinski definition) is 3. The van der Waals surface area contributed by atoms with Gasteiger partial charge in [0.25, 0.3) is 0 Å². The number of hydrogen-bond donors (Lipinski definition) is 2. The van der Waals surface area contributed by atoms with E-state index in [1.807, 2.05) is 6.07 Å². The average molecular weight is 342 g/mol. The van der Waals surface area contributed by atoms with Gasteiger partial charge in [-0.2, -0.15) is 0 Å². The van der Waals surface area contributed by atoms with Crippen molar-refractivity contribution in [3.8, 4) is 5.75 Å². The van der Waals surface area contributed by atoms with Crippen molar-refractivity contribution < 1.29 is 27.1 Å². The molecule has 2 N–H and O–H groups in total. The first-order valence-electron chi connectivity index (χ1n) is 7.16. The van der Waals surface area contributed by atoms with Gasteiger partial charge in [-0.15, -0.1) is 13.2 Å². The third-order valence-corrected chi connectivity index (χ3v) is 3.22. The maximum atomic E-state index is 12.3. The van der Waals surface area contributed by atoms with Crippen LogP contribution >= 0.6 is 0 Å². The highest BCUT2D eigenvalue weighted by Crippen LogP contribution is 2.26. The SMILES string of the molecule is Cc1cc(CNC(=O)NCc2ccccc2OC(F)(F)F)c(C)o1. The zero-order valence-corrected chi connectivity index (χ0v) is 13.2. The summed E-state index contributed by atoms with van der Waals surface area (Å²) in [6.45, 7) is 3.75. The van der Waals surface area contributed by atoms with Crippen LogP contribution in [0.3, 0.4) is 0 Å². The first-order chi connectivity index (χ1) is 11.2. The number of para-hydroxylation sites is 1. The molecule has 0 saturated carbocycles. The predicted molar refractivity (Wildman–Crippen MR) is 80.4 cm³/mol. The fraction of sp³-hybridized carbons (Fsp3) is 0.312. The summed E-state index contributed by atoms with van der Waals surface area (Å²) in [5.74, 6) is 1.10. The number of nitrogens with one attached hydrogen (secondary N) is 2. The largest absolute Gasteiger partial charge is 0.573 e. The van der Waals surface area contributed by atoms with Crippen LogP contribution in [0.2, 0.25) is 0 Å². The van der Waals surface area contributed by atoms with E-state index in [1.54, 1.807) is 19.9 Å². The standard InChI is InChI=1S/C16H17F3N2O3/c1-10-7-13(11(2)23-10)9-21-15(22)20-8-12-5-3-4-6-14(12)24-16(17,18)19/h3-7H,8-9H2,1-2H3,(H2,20,21,22). The molecular weight excluding hydrogens is 325 g/mol. The summed E-state index contributed by atoms with van der Waals surface area (Å²) in [5.41, 5.74) is 1.06. The lowest BCUT2D eigenvalue weighted by Gasteiger charge is -2.13. The second kappa shape index (κ2) is 7.29. The molecule has 0 saturated heterocycles. The van der Waals surface area contributed by atoms with E-state index in [0.717, 1.165) is 11.3 Å². The van der Waals surface area contributed by atoms with Gasteiger partial charge in [-0.3, -0.25) is 0 Å². The van der Waals surface area contributed by atoms with Crippen LogP contribution < -0.4 is 15.4 Å². The molecule has 0 aliphatic heterocycles. The van der Waals surface area contributed by atoms with Crippen molar-refractivity contribution >= 4 is 6.03 Å². The summed E-state index contributed by atoms with van der Waals surface area (Å²) in [7, 11) is 0. The second-order valence-corrected chi connectivity index (χ2v) is 5.13. The molecule has 0 aliphatic carbocycles. The smallest absolute Gasteiger partial charge is 0.466 e. The number of aryl methyl sites for hydroxylation is 2. The van der Waals surface area contributed by atoms with Crippen molar-refractivity contribution in [2.24, 2.45) is 0 Å². The maximum Gasteiger partial charge on any atom is 0.573 e. The molecule has 130 valence electrons. The highest BCUT2D eigenvalue weighted by Gasteiger charge is 2.31. The number of ether oxygens (including phenoxy) is 1. The van der Waals surface area contributed by atoms with Crippen LogP contribution in [0.4, 0.5) is 18.0 Å². The summed E-state index contributed by atoms with van der Waals surface area (Å²) >= 11 is 0. The predicted octanol–water partition coefficient (Wildman–Crippen LogP) is 3.79. The normalized spacial score (nSPS) is 11.2. The van der Waals surface area contributed by atoms with Crippen LogP contribution in [-0.4, -0.2) is 12.4 Å². The summed E-state index contributed by atoms with van der Waals surface area (Å²) in [4.78, 5) is 11.8. The molecule has 0 bridgehead atoms. The lowest BCUT2D eigenvalue weighted by atomic mass is 10.2. The molecule has 2 amide bonds. The van der Waals surface area contributed by atoms with Gasteiger partial charge in [0.15, 0.2) is 0 Å². The van der Waals surface area contributed by atoms with E-state index in [1.165, 1.54) is 18.2 Å². The topological polar surface area (TPSA) is 63.5 Å². The molecule has 2 aromatic rings. The van der Waals surface area contributed by atoms with Crippen molar-refractivity contribution in [3.63, 3.8) is 0 Å². The summed E-state index contributed by atoms with van der Waals surface area (Å²) in [6, 6.07) is 6.94. The third kappa shape index (κ3) is 5.22. The Bertz CT molecular complexity index is 711. The molecule has 0 aliphatic rings. The van der Waals surface area contributed by atoms with E-state index >= 15 is 0 Å². The molecule has 0 fully saturated rings. The van der Waals surface area contributed by atoms with Crippen LogP contribution in [0.25, 0.3) is 0 Å². The molecule has 1 heterocycles. The lowest BCUT2D eigenvalue weighted by molar-refractivity contribution is -0.274. The number of furan rings is 1. The highest BCUT2D eigenvalue weighted by molar-refractivity contribution is 5.73. The molecule has 5 nitrogen and oxygen atoms in total. The monoisotopic (exact) mass is 342 g/mol. The van der Waals surface area contributed by atoms with Crippen LogP contribution in [-0.2, 0) is 13.1 Å². The zero-order chi connectivity index (χ0) is 17.7. The third-order valence-electron chi connectivity index (χ3n) is 3.22. The van der Waals surface area contributed by atoms with Gasteiger partial charge in [-0.1, -0.05) is 18.2 Å². The fourth-order valence-electron chi connectivity index (χ4n) is 2.15. The van der Waals surface area contributed by atoms with Gasteiger partial charge in [-0.05, 0) is 26.0 Å². The molecule has 0 unspecified atom stereocenters. The minimum atomic E-state index is -4.78. The van der Waals surface area contributed by atoms with Crippen molar-refractivity contribution in [3.05, 3.63) is 53.0 Å². The number of alkyl halides is 3. The van der Waals surface area contributed by atoms with Gasteiger partial charge in [-0.25, -0.2) is 4.79 Å². The van der Waals surface area contributed by atoms with Crippen molar-refractivity contribution in [1.82, 2.24) is 10.6 Å². The molecular formula is C16H17F3N2O3. The minimum absolute atomic E-state index is 0.0958. The van der Waals surface area contributed by atoms with E-state index in [4.69, 9.17) is 4.42 Å². The summed E-state index contributed by atoms with van der Waals surface area (Å²) in [6.07, 6.45) is -4.78. The number of rotatable bonds is 5. The Morgan fingerprint density at radius 2 is 1.75 bits per heavy atom. The van der Waals surface area contributed by atoms with Crippen LogP contribution in [0, 0.1) is 13.8 Å². The van der Waals surface area contributed by atoms with Gasteiger partial charge in [0.05, 0.1) is 0 Å². The van der Waals surface area contributed by atoms with Gasteiger partial charge in [0.2, 0.25) is 0 Å². The molecule has 0 spiro atoms. The Morgan fingerprint density at radius 3 is 2.33 bits per heavy atom. The van der Waals surface area contributed by atoms with E-state index in [9.17, 15) is 18.0 Å². The highest BCUT2D eigenvalue weighted by atomic mass is 19.4.